The topological polar surface area (TPSA) is 104 Å². The minimum atomic E-state index is -3.53. The number of benzene rings is 1. The highest BCUT2D eigenvalue weighted by Gasteiger charge is 2.37. The molecule has 3 rings (SSSR count). The molecule has 0 aliphatic carbocycles. The Hall–Kier alpha value is -2.36. The zero-order valence-corrected chi connectivity index (χ0v) is 15.3. The molecule has 26 heavy (non-hydrogen) atoms. The van der Waals surface area contributed by atoms with Gasteiger partial charge in [0.2, 0.25) is 0 Å². The van der Waals surface area contributed by atoms with Crippen LogP contribution in [0.4, 0.5) is 0 Å². The summed E-state index contributed by atoms with van der Waals surface area (Å²) in [7, 11) is -0.511. The molecule has 2 aromatic rings. The average molecular weight is 376 g/mol. The SMILES string of the molecule is CN(C)S(=O)(=O)N1CCC[C@@H]1c1cncc(-c2ccc(C(=O)O)cc2)n1. The van der Waals surface area contributed by atoms with E-state index in [4.69, 9.17) is 5.11 Å². The van der Waals surface area contributed by atoms with Gasteiger partial charge in [-0.05, 0) is 25.0 Å². The highest BCUT2D eigenvalue weighted by Crippen LogP contribution is 2.34. The molecule has 1 aromatic heterocycles. The highest BCUT2D eigenvalue weighted by molar-refractivity contribution is 7.86. The maximum Gasteiger partial charge on any atom is 0.335 e. The van der Waals surface area contributed by atoms with Crippen LogP contribution >= 0.6 is 0 Å². The first-order valence-corrected chi connectivity index (χ1v) is 9.55. The lowest BCUT2D eigenvalue weighted by Crippen LogP contribution is -2.39. The van der Waals surface area contributed by atoms with Crippen molar-refractivity contribution in [1.82, 2.24) is 18.6 Å². The molecule has 0 unspecified atom stereocenters. The van der Waals surface area contributed by atoms with Gasteiger partial charge in [0, 0.05) is 26.2 Å². The second-order valence-electron chi connectivity index (χ2n) is 6.27. The number of hydrogen-bond acceptors (Lipinski definition) is 5. The van der Waals surface area contributed by atoms with Gasteiger partial charge >= 0.3 is 5.97 Å². The molecule has 9 heteroatoms. The maximum absolute atomic E-state index is 12.5. The summed E-state index contributed by atoms with van der Waals surface area (Å²) in [6.45, 7) is 0.449. The smallest absolute Gasteiger partial charge is 0.335 e. The lowest BCUT2D eigenvalue weighted by molar-refractivity contribution is 0.0697. The Kier molecular flexibility index (Phi) is 5.03. The van der Waals surface area contributed by atoms with Gasteiger partial charge in [-0.1, -0.05) is 12.1 Å². The number of hydrogen-bond donors (Lipinski definition) is 1. The number of carboxylic acids is 1. The summed E-state index contributed by atoms with van der Waals surface area (Å²) in [5.41, 5.74) is 2.09. The zero-order valence-electron chi connectivity index (χ0n) is 14.5. The number of nitrogens with zero attached hydrogens (tertiary/aromatic N) is 4. The van der Waals surface area contributed by atoms with Crippen LogP contribution in [0.25, 0.3) is 11.3 Å². The molecule has 1 N–H and O–H groups in total. The maximum atomic E-state index is 12.5. The van der Waals surface area contributed by atoms with Gasteiger partial charge in [-0.15, -0.1) is 0 Å². The predicted octanol–water partition coefficient (Wildman–Crippen LogP) is 1.79. The van der Waals surface area contributed by atoms with Crippen molar-refractivity contribution in [3.05, 3.63) is 47.9 Å². The van der Waals surface area contributed by atoms with E-state index in [0.717, 1.165) is 12.0 Å². The van der Waals surface area contributed by atoms with E-state index >= 15 is 0 Å². The van der Waals surface area contributed by atoms with Gasteiger partial charge < -0.3 is 5.11 Å². The Morgan fingerprint density at radius 1 is 1.23 bits per heavy atom. The van der Waals surface area contributed by atoms with Crippen molar-refractivity contribution in [3.63, 3.8) is 0 Å². The Bertz CT molecular complexity index is 913. The van der Waals surface area contributed by atoms with Crippen LogP contribution in [0.5, 0.6) is 0 Å². The number of carbonyl (C=O) groups is 1. The van der Waals surface area contributed by atoms with Gasteiger partial charge in [0.15, 0.2) is 0 Å². The summed E-state index contributed by atoms with van der Waals surface area (Å²) < 4.78 is 27.7. The van der Waals surface area contributed by atoms with Crippen LogP contribution in [0.2, 0.25) is 0 Å². The van der Waals surface area contributed by atoms with Gasteiger partial charge in [-0.25, -0.2) is 9.78 Å². The van der Waals surface area contributed by atoms with Crippen LogP contribution in [-0.2, 0) is 10.2 Å². The van der Waals surface area contributed by atoms with E-state index in [-0.39, 0.29) is 11.6 Å². The Morgan fingerprint density at radius 3 is 2.54 bits per heavy atom. The number of aromatic carboxylic acids is 1. The fraction of sp³-hybridized carbons (Fsp3) is 0.353. The second-order valence-corrected chi connectivity index (χ2v) is 8.37. The zero-order chi connectivity index (χ0) is 18.9. The normalized spacial score (nSPS) is 18.3. The standard InChI is InChI=1S/C17H20N4O4S/c1-20(2)26(24,25)21-9-3-4-16(21)15-11-18-10-14(19-15)12-5-7-13(8-6-12)17(22)23/h5-8,10-11,16H,3-4,9H2,1-2H3,(H,22,23)/t16-/m1/s1. The van der Waals surface area contributed by atoms with Crippen LogP contribution in [0.15, 0.2) is 36.7 Å². The van der Waals surface area contributed by atoms with E-state index in [1.807, 2.05) is 0 Å². The van der Waals surface area contributed by atoms with E-state index in [9.17, 15) is 13.2 Å². The van der Waals surface area contributed by atoms with E-state index in [2.05, 4.69) is 9.97 Å². The predicted molar refractivity (Wildman–Crippen MR) is 95.7 cm³/mol. The first-order valence-electron chi connectivity index (χ1n) is 8.15. The van der Waals surface area contributed by atoms with E-state index < -0.39 is 16.2 Å². The summed E-state index contributed by atoms with van der Waals surface area (Å²) in [6, 6.07) is 5.99. The van der Waals surface area contributed by atoms with Crippen LogP contribution < -0.4 is 0 Å². The molecule has 1 aromatic carbocycles. The van der Waals surface area contributed by atoms with Crippen molar-refractivity contribution in [2.24, 2.45) is 0 Å². The largest absolute Gasteiger partial charge is 0.478 e. The molecule has 0 radical (unpaired) electrons. The van der Waals surface area contributed by atoms with Gasteiger partial charge in [0.1, 0.15) is 0 Å². The molecule has 8 nitrogen and oxygen atoms in total. The third-order valence-electron chi connectivity index (χ3n) is 4.38. The fourth-order valence-corrected chi connectivity index (χ4v) is 4.30. The van der Waals surface area contributed by atoms with Crippen LogP contribution in [0.1, 0.15) is 34.9 Å². The second kappa shape index (κ2) is 7.10. The van der Waals surface area contributed by atoms with Crippen LogP contribution in [0, 0.1) is 0 Å². The van der Waals surface area contributed by atoms with E-state index in [1.54, 1.807) is 24.5 Å². The molecule has 1 aliphatic rings. The fourth-order valence-electron chi connectivity index (χ4n) is 2.99. The van der Waals surface area contributed by atoms with Crippen molar-refractivity contribution in [2.75, 3.05) is 20.6 Å². The monoisotopic (exact) mass is 376 g/mol. The van der Waals surface area contributed by atoms with Crippen molar-refractivity contribution < 1.29 is 18.3 Å². The van der Waals surface area contributed by atoms with Gasteiger partial charge in [-0.3, -0.25) is 4.98 Å². The quantitative estimate of drug-likeness (QED) is 0.853. The third-order valence-corrected chi connectivity index (χ3v) is 6.34. The van der Waals surface area contributed by atoms with E-state index in [1.165, 1.54) is 34.8 Å². The van der Waals surface area contributed by atoms with Crippen molar-refractivity contribution in [1.29, 1.82) is 0 Å². The number of aromatic nitrogens is 2. The summed E-state index contributed by atoms with van der Waals surface area (Å²) >= 11 is 0. The molecule has 1 atom stereocenters. The van der Waals surface area contributed by atoms with Crippen molar-refractivity contribution in [3.8, 4) is 11.3 Å². The van der Waals surface area contributed by atoms with Crippen LogP contribution in [-0.4, -0.2) is 58.7 Å². The Morgan fingerprint density at radius 2 is 1.92 bits per heavy atom. The van der Waals surface area contributed by atoms with Crippen molar-refractivity contribution >= 4 is 16.2 Å². The molecular weight excluding hydrogens is 356 g/mol. The summed E-state index contributed by atoms with van der Waals surface area (Å²) in [5, 5.41) is 8.99. The lowest BCUT2D eigenvalue weighted by atomic mass is 10.1. The molecular formula is C17H20N4O4S. The molecule has 1 saturated heterocycles. The molecule has 2 heterocycles. The molecule has 1 aliphatic heterocycles. The first-order chi connectivity index (χ1) is 12.3. The number of rotatable bonds is 5. The third kappa shape index (κ3) is 3.46. The Labute approximate surface area is 152 Å². The summed E-state index contributed by atoms with van der Waals surface area (Å²) in [6.07, 6.45) is 4.61. The Balaban J connectivity index is 1.93. The molecule has 0 spiro atoms. The van der Waals surface area contributed by atoms with Gasteiger partial charge in [-0.2, -0.15) is 17.0 Å². The van der Waals surface area contributed by atoms with Crippen LogP contribution in [0.3, 0.4) is 0 Å². The molecule has 138 valence electrons. The minimum absolute atomic E-state index is 0.192. The molecule has 1 fully saturated rings. The average Bonchev–Trinajstić information content (AvgIpc) is 3.12. The molecule has 0 amide bonds. The van der Waals surface area contributed by atoms with Gasteiger partial charge in [0.05, 0.1) is 35.4 Å². The van der Waals surface area contributed by atoms with Crippen molar-refractivity contribution in [2.45, 2.75) is 18.9 Å². The highest BCUT2D eigenvalue weighted by atomic mass is 32.2. The first kappa shape index (κ1) is 18.4. The molecule has 0 saturated carbocycles. The minimum Gasteiger partial charge on any atom is -0.478 e. The van der Waals surface area contributed by atoms with Gasteiger partial charge in [0.25, 0.3) is 10.2 Å². The number of carboxylic acid groups (broad SMARTS) is 1. The summed E-state index contributed by atoms with van der Waals surface area (Å²) in [5.74, 6) is -0.994. The summed E-state index contributed by atoms with van der Waals surface area (Å²) in [4.78, 5) is 19.8. The lowest BCUT2D eigenvalue weighted by Gasteiger charge is -2.26. The van der Waals surface area contributed by atoms with E-state index in [0.29, 0.717) is 24.4 Å². The molecule has 0 bridgehead atoms.